The predicted octanol–water partition coefficient (Wildman–Crippen LogP) is 1.58. The molecule has 0 fully saturated rings. The number of carbonyl (C=O) groups excluding carboxylic acids is 5. The van der Waals surface area contributed by atoms with Gasteiger partial charge in [-0.15, -0.1) is 10.2 Å². The lowest BCUT2D eigenvalue weighted by molar-refractivity contribution is -0.132. The summed E-state index contributed by atoms with van der Waals surface area (Å²) >= 11 is 0. The molecular weight excluding hydrogens is 682 g/mol. The van der Waals surface area contributed by atoms with E-state index in [9.17, 15) is 32.4 Å². The van der Waals surface area contributed by atoms with E-state index in [-0.39, 0.29) is 53.1 Å². The van der Waals surface area contributed by atoms with Gasteiger partial charge in [0.15, 0.2) is 0 Å². The molecule has 0 aliphatic rings. The van der Waals surface area contributed by atoms with E-state index in [1.807, 2.05) is 40.7 Å². The average Bonchev–Trinajstić information content (AvgIpc) is 3.56. The molecular formula is C34H45N7O9S. The Bertz CT molecular complexity index is 1790. The highest BCUT2D eigenvalue weighted by Crippen LogP contribution is 2.19. The third-order valence-electron chi connectivity index (χ3n) is 7.24. The molecule has 3 rings (SSSR count). The maximum Gasteiger partial charge on any atom is 0.286 e. The van der Waals surface area contributed by atoms with Gasteiger partial charge in [-0.1, -0.05) is 52.8 Å². The van der Waals surface area contributed by atoms with Gasteiger partial charge in [0, 0.05) is 24.8 Å². The highest BCUT2D eigenvalue weighted by Gasteiger charge is 2.33. The minimum absolute atomic E-state index is 0.0204. The molecule has 16 nitrogen and oxygen atoms in total. The fourth-order valence-corrected chi connectivity index (χ4v) is 5.15. The van der Waals surface area contributed by atoms with Gasteiger partial charge in [-0.3, -0.25) is 24.0 Å². The number of carbonyl (C=O) groups is 5. The fraction of sp³-hybridized carbons (Fsp3) is 0.441. The first-order valence-electron chi connectivity index (χ1n) is 16.1. The molecule has 0 saturated carbocycles. The van der Waals surface area contributed by atoms with Crippen molar-refractivity contribution in [3.8, 4) is 11.5 Å². The molecule has 276 valence electrons. The summed E-state index contributed by atoms with van der Waals surface area (Å²) in [4.78, 5) is 66.5. The molecule has 3 unspecified atom stereocenters. The number of primary sulfonamides is 1. The van der Waals surface area contributed by atoms with Crippen LogP contribution in [0.15, 0.2) is 63.9 Å². The molecule has 0 radical (unpaired) electrons. The van der Waals surface area contributed by atoms with E-state index in [4.69, 9.17) is 14.3 Å². The maximum atomic E-state index is 13.6. The normalized spacial score (nSPS) is 13.5. The van der Waals surface area contributed by atoms with Crippen molar-refractivity contribution in [2.75, 3.05) is 20.3 Å². The molecule has 0 saturated heterocycles. The number of ketones is 1. The summed E-state index contributed by atoms with van der Waals surface area (Å²) in [5, 5.41) is 23.3. The molecule has 6 N–H and O–H groups in total. The number of ether oxygens (including phenoxy) is 1. The fourth-order valence-electron chi connectivity index (χ4n) is 4.63. The lowest BCUT2D eigenvalue weighted by Crippen LogP contribution is -2.58. The highest BCUT2D eigenvalue weighted by atomic mass is 32.2. The summed E-state index contributed by atoms with van der Waals surface area (Å²) in [6, 6.07) is 9.52. The second kappa shape index (κ2) is 17.8. The van der Waals surface area contributed by atoms with Crippen LogP contribution in [0.2, 0.25) is 0 Å². The minimum Gasteiger partial charge on any atom is -0.414 e. The van der Waals surface area contributed by atoms with Crippen LogP contribution in [0.4, 0.5) is 0 Å². The number of amides is 4. The number of methoxy groups -OCH3 is 1. The number of hydrogen-bond donors (Lipinski definition) is 5. The summed E-state index contributed by atoms with van der Waals surface area (Å²) < 4.78 is 34.1. The third-order valence-corrected chi connectivity index (χ3v) is 8.16. The van der Waals surface area contributed by atoms with Crippen LogP contribution >= 0.6 is 0 Å². The van der Waals surface area contributed by atoms with Crippen molar-refractivity contribution in [1.82, 2.24) is 31.5 Å². The molecule has 0 aliphatic heterocycles. The van der Waals surface area contributed by atoms with Crippen LogP contribution in [-0.2, 0) is 29.1 Å². The van der Waals surface area contributed by atoms with E-state index >= 15 is 0 Å². The maximum absolute atomic E-state index is 13.6. The number of nitrogens with zero attached hydrogens (tertiary/aromatic N) is 2. The van der Waals surface area contributed by atoms with Crippen LogP contribution in [0.5, 0.6) is 0 Å². The Kier molecular flexibility index (Phi) is 14.1. The molecule has 1 aromatic heterocycles. The second-order valence-electron chi connectivity index (χ2n) is 13.5. The van der Waals surface area contributed by atoms with Gasteiger partial charge in [-0.25, -0.2) is 13.6 Å². The Labute approximate surface area is 296 Å². The van der Waals surface area contributed by atoms with Crippen LogP contribution < -0.4 is 26.4 Å². The van der Waals surface area contributed by atoms with Crippen LogP contribution in [-0.4, -0.2) is 86.4 Å². The van der Waals surface area contributed by atoms with Gasteiger partial charge in [-0.05, 0) is 54.2 Å². The zero-order valence-electron chi connectivity index (χ0n) is 29.4. The zero-order chi connectivity index (χ0) is 37.9. The number of hydrogen-bond acceptors (Lipinski definition) is 11. The van der Waals surface area contributed by atoms with Crippen molar-refractivity contribution < 1.29 is 41.5 Å². The van der Waals surface area contributed by atoms with E-state index in [1.54, 1.807) is 24.3 Å². The molecule has 3 aromatic rings. The van der Waals surface area contributed by atoms with E-state index in [0.717, 1.165) is 12.1 Å². The molecule has 0 aliphatic carbocycles. The third kappa shape index (κ3) is 12.7. The molecule has 2 aromatic carbocycles. The SMILES string of the molecule is COCC(NC(=O)C(CC(=O)NCC(C)(C)C)NC(=O)c1ccc(S(N)(=O)=O)cc1)C(=O)NC(CC(C)C)C(=O)c1nnc(-c2ccccc2)o1. The molecule has 0 bridgehead atoms. The molecule has 51 heavy (non-hydrogen) atoms. The van der Waals surface area contributed by atoms with Gasteiger partial charge in [0.2, 0.25) is 39.4 Å². The zero-order valence-corrected chi connectivity index (χ0v) is 30.2. The number of aromatic nitrogens is 2. The van der Waals surface area contributed by atoms with Crippen LogP contribution in [0, 0.1) is 11.3 Å². The lowest BCUT2D eigenvalue weighted by atomic mass is 9.97. The summed E-state index contributed by atoms with van der Waals surface area (Å²) in [5.74, 6) is -3.92. The summed E-state index contributed by atoms with van der Waals surface area (Å²) in [6.45, 7) is 9.35. The predicted molar refractivity (Wildman–Crippen MR) is 185 cm³/mol. The summed E-state index contributed by atoms with van der Waals surface area (Å²) in [6.07, 6.45) is -0.308. The van der Waals surface area contributed by atoms with Crippen LogP contribution in [0.25, 0.3) is 11.5 Å². The number of sulfonamides is 1. The molecule has 17 heteroatoms. The van der Waals surface area contributed by atoms with E-state index < -0.39 is 64.0 Å². The minimum atomic E-state index is -4.02. The van der Waals surface area contributed by atoms with Crippen molar-refractivity contribution in [2.45, 2.75) is 70.5 Å². The van der Waals surface area contributed by atoms with Crippen molar-refractivity contribution in [2.24, 2.45) is 16.5 Å². The van der Waals surface area contributed by atoms with E-state index in [0.29, 0.717) is 5.56 Å². The Balaban J connectivity index is 1.81. The highest BCUT2D eigenvalue weighted by molar-refractivity contribution is 7.89. The Hall–Kier alpha value is -5.00. The molecule has 1 heterocycles. The van der Waals surface area contributed by atoms with Crippen molar-refractivity contribution in [3.63, 3.8) is 0 Å². The van der Waals surface area contributed by atoms with Crippen molar-refractivity contribution >= 4 is 39.4 Å². The Morgan fingerprint density at radius 3 is 2.04 bits per heavy atom. The molecule has 3 atom stereocenters. The van der Waals surface area contributed by atoms with Crippen molar-refractivity contribution in [3.05, 3.63) is 66.1 Å². The summed E-state index contributed by atoms with van der Waals surface area (Å²) in [5.41, 5.74) is 0.302. The lowest BCUT2D eigenvalue weighted by Gasteiger charge is -2.25. The van der Waals surface area contributed by atoms with Gasteiger partial charge < -0.3 is 30.4 Å². The number of nitrogens with two attached hydrogens (primary N) is 1. The Morgan fingerprint density at radius 1 is 0.863 bits per heavy atom. The standard InChI is InChI=1S/C34H45N7O9S/c1-20(2)16-24(28(43)33-41-40-32(50-33)22-10-8-7-9-11-22)37-31(46)26(18-49-6)39-30(45)25(17-27(42)36-19-34(3,4)5)38-29(44)21-12-14-23(15-13-21)51(35,47)48/h7-15,20,24-26H,16-19H2,1-6H3,(H,36,42)(H,37,46)(H,38,44)(H,39,45)(H2,35,47,48). The topological polar surface area (TPSA) is 242 Å². The van der Waals surface area contributed by atoms with E-state index in [2.05, 4.69) is 31.5 Å². The van der Waals surface area contributed by atoms with Crippen molar-refractivity contribution in [1.29, 1.82) is 0 Å². The quantitative estimate of drug-likeness (QED) is 0.125. The smallest absolute Gasteiger partial charge is 0.286 e. The second-order valence-corrected chi connectivity index (χ2v) is 15.0. The van der Waals surface area contributed by atoms with Gasteiger partial charge in [0.1, 0.15) is 12.1 Å². The molecule has 0 spiro atoms. The first-order valence-corrected chi connectivity index (χ1v) is 17.7. The Morgan fingerprint density at radius 2 is 1.47 bits per heavy atom. The van der Waals surface area contributed by atoms with Gasteiger partial charge >= 0.3 is 0 Å². The average molecular weight is 728 g/mol. The first-order chi connectivity index (χ1) is 23.9. The molecule has 4 amide bonds. The number of nitrogens with one attached hydrogen (secondary N) is 4. The monoisotopic (exact) mass is 727 g/mol. The van der Waals surface area contributed by atoms with Crippen LogP contribution in [0.3, 0.4) is 0 Å². The van der Waals surface area contributed by atoms with Gasteiger partial charge in [0.05, 0.1) is 24.0 Å². The number of benzene rings is 2. The van der Waals surface area contributed by atoms with E-state index in [1.165, 1.54) is 19.2 Å². The van der Waals surface area contributed by atoms with Gasteiger partial charge in [-0.2, -0.15) is 0 Å². The number of Topliss-reactive ketones (excluding diaryl/α,β-unsaturated/α-hetero) is 1. The van der Waals surface area contributed by atoms with Gasteiger partial charge in [0.25, 0.3) is 11.8 Å². The summed E-state index contributed by atoms with van der Waals surface area (Å²) in [7, 11) is -2.72. The van der Waals surface area contributed by atoms with Crippen LogP contribution in [0.1, 0.15) is 68.5 Å². The first kappa shape index (κ1) is 40.4. The largest absolute Gasteiger partial charge is 0.414 e. The number of rotatable bonds is 17.